The van der Waals surface area contributed by atoms with Crippen molar-refractivity contribution in [3.63, 3.8) is 0 Å². The van der Waals surface area contributed by atoms with Crippen LogP contribution in [0.3, 0.4) is 0 Å². The van der Waals surface area contributed by atoms with Crippen LogP contribution in [0.25, 0.3) is 27.8 Å². The number of hydrogen-bond donors (Lipinski definition) is 1. The van der Waals surface area contributed by atoms with E-state index in [0.717, 1.165) is 33.4 Å². The highest BCUT2D eigenvalue weighted by atomic mass is 15.1. The van der Waals surface area contributed by atoms with Crippen molar-refractivity contribution in [2.24, 2.45) is 0 Å². The Morgan fingerprint density at radius 3 is 2.86 bits per heavy atom. The van der Waals surface area contributed by atoms with Crippen molar-refractivity contribution < 1.29 is 0 Å². The zero-order valence-corrected chi connectivity index (χ0v) is 11.6. The predicted octanol–water partition coefficient (Wildman–Crippen LogP) is 3.44. The number of rotatable bonds is 1. The van der Waals surface area contributed by atoms with Gasteiger partial charge in [-0.25, -0.2) is 4.98 Å². The van der Waals surface area contributed by atoms with Crippen LogP contribution in [0.2, 0.25) is 0 Å². The average Bonchev–Trinajstić information content (AvgIpc) is 2.86. The second-order valence-electron chi connectivity index (χ2n) is 5.14. The SMILES string of the molecule is Cc1cccn2c(N)c(-c3ccc4ncccc4c3)nc12. The van der Waals surface area contributed by atoms with Gasteiger partial charge in [-0.15, -0.1) is 0 Å². The first-order valence-electron chi connectivity index (χ1n) is 6.82. The Morgan fingerprint density at radius 1 is 1.10 bits per heavy atom. The zero-order valence-electron chi connectivity index (χ0n) is 11.6. The quantitative estimate of drug-likeness (QED) is 0.578. The third-order valence-corrected chi connectivity index (χ3v) is 3.76. The highest BCUT2D eigenvalue weighted by Crippen LogP contribution is 2.29. The third-order valence-electron chi connectivity index (χ3n) is 3.76. The second kappa shape index (κ2) is 4.31. The fourth-order valence-corrected chi connectivity index (χ4v) is 2.66. The lowest BCUT2D eigenvalue weighted by Crippen LogP contribution is -1.94. The van der Waals surface area contributed by atoms with Crippen LogP contribution in [0, 0.1) is 6.92 Å². The molecule has 4 nitrogen and oxygen atoms in total. The van der Waals surface area contributed by atoms with E-state index in [2.05, 4.69) is 11.1 Å². The summed E-state index contributed by atoms with van der Waals surface area (Å²) in [6.45, 7) is 2.04. The molecule has 0 fully saturated rings. The number of fused-ring (bicyclic) bond motifs is 2. The molecule has 4 rings (SSSR count). The minimum absolute atomic E-state index is 0.664. The molecule has 0 aliphatic heterocycles. The summed E-state index contributed by atoms with van der Waals surface area (Å²) >= 11 is 0. The van der Waals surface area contributed by atoms with Crippen molar-refractivity contribution in [2.75, 3.05) is 5.73 Å². The van der Waals surface area contributed by atoms with Gasteiger partial charge in [-0.3, -0.25) is 9.38 Å². The van der Waals surface area contributed by atoms with Crippen LogP contribution in [0.15, 0.2) is 54.9 Å². The topological polar surface area (TPSA) is 56.2 Å². The molecular formula is C17H14N4. The number of aromatic nitrogens is 3. The largest absolute Gasteiger partial charge is 0.383 e. The zero-order chi connectivity index (χ0) is 14.4. The summed E-state index contributed by atoms with van der Waals surface area (Å²) in [7, 11) is 0. The fraction of sp³-hybridized carbons (Fsp3) is 0.0588. The van der Waals surface area contributed by atoms with E-state index in [0.29, 0.717) is 5.82 Å². The summed E-state index contributed by atoms with van der Waals surface area (Å²) in [4.78, 5) is 9.04. The molecule has 3 heterocycles. The molecule has 0 radical (unpaired) electrons. The van der Waals surface area contributed by atoms with Crippen LogP contribution < -0.4 is 5.73 Å². The molecule has 4 heteroatoms. The summed E-state index contributed by atoms with van der Waals surface area (Å²) in [5.41, 5.74) is 11.1. The van der Waals surface area contributed by atoms with Crippen LogP contribution in [0.1, 0.15) is 5.56 Å². The van der Waals surface area contributed by atoms with Gasteiger partial charge in [0.15, 0.2) is 0 Å². The van der Waals surface area contributed by atoms with Gasteiger partial charge >= 0.3 is 0 Å². The maximum Gasteiger partial charge on any atom is 0.142 e. The van der Waals surface area contributed by atoms with Crippen LogP contribution in [-0.2, 0) is 0 Å². The maximum absolute atomic E-state index is 6.27. The van der Waals surface area contributed by atoms with Gasteiger partial charge in [0.1, 0.15) is 17.2 Å². The Bertz CT molecular complexity index is 969. The highest BCUT2D eigenvalue weighted by molar-refractivity contribution is 5.86. The van der Waals surface area contributed by atoms with Gasteiger partial charge < -0.3 is 5.73 Å². The Labute approximate surface area is 121 Å². The van der Waals surface area contributed by atoms with Gasteiger partial charge in [0, 0.05) is 23.3 Å². The second-order valence-corrected chi connectivity index (χ2v) is 5.14. The smallest absolute Gasteiger partial charge is 0.142 e. The van der Waals surface area contributed by atoms with Crippen LogP contribution in [0.4, 0.5) is 5.82 Å². The van der Waals surface area contributed by atoms with Crippen molar-refractivity contribution in [1.29, 1.82) is 0 Å². The van der Waals surface area contributed by atoms with E-state index < -0.39 is 0 Å². The Hall–Kier alpha value is -2.88. The van der Waals surface area contributed by atoms with E-state index >= 15 is 0 Å². The standard InChI is InChI=1S/C17H14N4/c1-11-4-3-9-21-16(18)15(20-17(11)21)13-6-7-14-12(10-13)5-2-8-19-14/h2-10H,18H2,1H3. The molecular weight excluding hydrogens is 260 g/mol. The number of hydrogen-bond acceptors (Lipinski definition) is 3. The summed E-state index contributed by atoms with van der Waals surface area (Å²) < 4.78 is 1.93. The summed E-state index contributed by atoms with van der Waals surface area (Å²) in [5, 5.41) is 1.09. The molecule has 3 aromatic heterocycles. The first-order valence-corrected chi connectivity index (χ1v) is 6.82. The van der Waals surface area contributed by atoms with Gasteiger partial charge in [0.2, 0.25) is 0 Å². The van der Waals surface area contributed by atoms with E-state index in [1.165, 1.54) is 0 Å². The first-order chi connectivity index (χ1) is 10.2. The van der Waals surface area contributed by atoms with Crippen LogP contribution in [-0.4, -0.2) is 14.4 Å². The molecule has 0 bridgehead atoms. The van der Waals surface area contributed by atoms with Crippen LogP contribution >= 0.6 is 0 Å². The Kier molecular flexibility index (Phi) is 2.44. The molecule has 0 spiro atoms. The van der Waals surface area contributed by atoms with Gasteiger partial charge in [0.25, 0.3) is 0 Å². The van der Waals surface area contributed by atoms with Gasteiger partial charge in [0.05, 0.1) is 5.52 Å². The van der Waals surface area contributed by atoms with Crippen molar-refractivity contribution in [1.82, 2.24) is 14.4 Å². The number of benzene rings is 1. The normalized spacial score (nSPS) is 11.3. The minimum Gasteiger partial charge on any atom is -0.383 e. The fourth-order valence-electron chi connectivity index (χ4n) is 2.66. The van der Waals surface area contributed by atoms with E-state index in [1.54, 1.807) is 6.20 Å². The number of imidazole rings is 1. The third kappa shape index (κ3) is 1.76. The maximum atomic E-state index is 6.27. The summed E-state index contributed by atoms with van der Waals surface area (Å²) in [5.74, 6) is 0.664. The highest BCUT2D eigenvalue weighted by Gasteiger charge is 2.12. The van der Waals surface area contributed by atoms with Crippen molar-refractivity contribution in [2.45, 2.75) is 6.92 Å². The predicted molar refractivity (Wildman–Crippen MR) is 85.1 cm³/mol. The molecule has 102 valence electrons. The number of nitrogens with two attached hydrogens (primary N) is 1. The lowest BCUT2D eigenvalue weighted by Gasteiger charge is -2.02. The molecule has 0 saturated carbocycles. The molecule has 4 aromatic rings. The van der Waals surface area contributed by atoms with Gasteiger partial charge in [-0.1, -0.05) is 18.2 Å². The number of nitrogen functional groups attached to an aromatic ring is 1. The number of nitrogens with zero attached hydrogens (tertiary/aromatic N) is 3. The minimum atomic E-state index is 0.664. The van der Waals surface area contributed by atoms with Crippen LogP contribution in [0.5, 0.6) is 0 Å². The molecule has 1 aromatic carbocycles. The molecule has 0 atom stereocenters. The number of pyridine rings is 2. The molecule has 2 N–H and O–H groups in total. The number of aryl methyl sites for hydroxylation is 1. The Balaban J connectivity index is 1.99. The first kappa shape index (κ1) is 11.9. The number of anilines is 1. The van der Waals surface area contributed by atoms with Crippen molar-refractivity contribution in [3.05, 3.63) is 60.4 Å². The van der Waals surface area contributed by atoms with E-state index in [9.17, 15) is 0 Å². The molecule has 0 amide bonds. The summed E-state index contributed by atoms with van der Waals surface area (Å²) in [6.07, 6.45) is 3.74. The van der Waals surface area contributed by atoms with Gasteiger partial charge in [-0.2, -0.15) is 0 Å². The molecule has 0 aliphatic carbocycles. The lowest BCUT2D eigenvalue weighted by atomic mass is 10.1. The molecule has 0 unspecified atom stereocenters. The van der Waals surface area contributed by atoms with Gasteiger partial charge in [-0.05, 0) is 36.8 Å². The van der Waals surface area contributed by atoms with E-state index in [4.69, 9.17) is 10.7 Å². The van der Waals surface area contributed by atoms with E-state index in [-0.39, 0.29) is 0 Å². The van der Waals surface area contributed by atoms with Crippen molar-refractivity contribution >= 4 is 22.4 Å². The average molecular weight is 274 g/mol. The monoisotopic (exact) mass is 274 g/mol. The lowest BCUT2D eigenvalue weighted by molar-refractivity contribution is 1.17. The summed E-state index contributed by atoms with van der Waals surface area (Å²) in [6, 6.07) is 14.1. The molecule has 21 heavy (non-hydrogen) atoms. The van der Waals surface area contributed by atoms with Crippen molar-refractivity contribution in [3.8, 4) is 11.3 Å². The molecule has 0 aliphatic rings. The Morgan fingerprint density at radius 2 is 2.00 bits per heavy atom. The van der Waals surface area contributed by atoms with E-state index in [1.807, 2.05) is 53.9 Å². The molecule has 0 saturated heterocycles.